The van der Waals surface area contributed by atoms with E-state index >= 15 is 0 Å². The van der Waals surface area contributed by atoms with Crippen molar-refractivity contribution >= 4 is 40.0 Å². The van der Waals surface area contributed by atoms with E-state index in [9.17, 15) is 4.79 Å². The van der Waals surface area contributed by atoms with Crippen LogP contribution in [0.2, 0.25) is 0 Å². The lowest BCUT2D eigenvalue weighted by atomic mass is 9.97. The molecule has 8 nitrogen and oxygen atoms in total. The smallest absolute Gasteiger partial charge is 0.234 e. The summed E-state index contributed by atoms with van der Waals surface area (Å²) < 4.78 is 5.60. The number of hydrogen-bond donors (Lipinski definition) is 4. The molecule has 0 saturated carbocycles. The van der Waals surface area contributed by atoms with Crippen LogP contribution in [-0.2, 0) is 11.2 Å². The molecule has 0 aromatic heterocycles. The number of nitrogens with one attached hydrogen (secondary N) is 4. The number of ether oxygens (including phenoxy) is 1. The van der Waals surface area contributed by atoms with Crippen LogP contribution in [0.25, 0.3) is 0 Å². The Morgan fingerprint density at radius 3 is 2.67 bits per heavy atom. The number of hydrazine groups is 1. The summed E-state index contributed by atoms with van der Waals surface area (Å²) in [4.78, 5) is 19.5. The van der Waals surface area contributed by atoms with Crippen LogP contribution in [0.15, 0.2) is 53.5 Å². The maximum absolute atomic E-state index is 12.8. The average molecular weight is 467 g/mol. The van der Waals surface area contributed by atoms with Gasteiger partial charge in [0.1, 0.15) is 17.8 Å². The molecule has 2 heterocycles. The summed E-state index contributed by atoms with van der Waals surface area (Å²) in [5.41, 5.74) is 9.12. The standard InChI is InChI=1S/C24H30N6O2S/c1-4-16-10-12-17(13-11-16)30-22(25)21-15(3)28-29-23(21)27-24(30)33-14-20(31)26-18-8-6-7-9-19(18)32-5-2/h6-13,15,21,23,25,28-29H,4-5,14H2,1-3H3,(H,26,31). The van der Waals surface area contributed by atoms with E-state index in [1.54, 1.807) is 0 Å². The second kappa shape index (κ2) is 10.4. The fourth-order valence-corrected chi connectivity index (χ4v) is 4.85. The molecule has 1 amide bonds. The van der Waals surface area contributed by atoms with Gasteiger partial charge in [-0.2, -0.15) is 0 Å². The Balaban J connectivity index is 1.53. The van der Waals surface area contributed by atoms with E-state index in [1.807, 2.05) is 55.1 Å². The second-order valence-electron chi connectivity index (χ2n) is 7.97. The van der Waals surface area contributed by atoms with Gasteiger partial charge in [-0.25, -0.2) is 10.4 Å². The largest absolute Gasteiger partial charge is 0.492 e. The van der Waals surface area contributed by atoms with Gasteiger partial charge < -0.3 is 10.1 Å². The van der Waals surface area contributed by atoms with Crippen molar-refractivity contribution < 1.29 is 9.53 Å². The molecule has 0 bridgehead atoms. The molecule has 2 aliphatic heterocycles. The molecular weight excluding hydrogens is 436 g/mol. The SMILES string of the molecule is CCOc1ccccc1NC(=O)CSC1=NC2NNC(C)C2C(=N)N1c1ccc(CC)cc1. The van der Waals surface area contributed by atoms with Crippen molar-refractivity contribution in [1.82, 2.24) is 10.9 Å². The van der Waals surface area contributed by atoms with E-state index in [0.717, 1.165) is 12.1 Å². The molecule has 4 rings (SSSR count). The van der Waals surface area contributed by atoms with Crippen molar-refractivity contribution in [2.75, 3.05) is 22.6 Å². The summed E-state index contributed by atoms with van der Waals surface area (Å²) in [6, 6.07) is 15.6. The van der Waals surface area contributed by atoms with Gasteiger partial charge in [0.05, 0.1) is 24.0 Å². The number of amidine groups is 2. The zero-order chi connectivity index (χ0) is 23.4. The number of rotatable bonds is 7. The van der Waals surface area contributed by atoms with Crippen LogP contribution in [0.5, 0.6) is 5.75 Å². The first-order chi connectivity index (χ1) is 16.0. The lowest BCUT2D eigenvalue weighted by Gasteiger charge is -2.36. The van der Waals surface area contributed by atoms with E-state index in [-0.39, 0.29) is 29.8 Å². The monoisotopic (exact) mass is 466 g/mol. The van der Waals surface area contributed by atoms with Gasteiger partial charge >= 0.3 is 0 Å². The molecule has 2 aliphatic rings. The quantitative estimate of drug-likeness (QED) is 0.497. The number of aliphatic imine (C=N–C) groups is 1. The number of nitrogens with zero attached hydrogens (tertiary/aromatic N) is 2. The minimum Gasteiger partial charge on any atom is -0.492 e. The summed E-state index contributed by atoms with van der Waals surface area (Å²) in [5, 5.41) is 12.5. The van der Waals surface area contributed by atoms with E-state index in [2.05, 4.69) is 35.2 Å². The molecule has 174 valence electrons. The average Bonchev–Trinajstić information content (AvgIpc) is 3.20. The molecule has 0 aliphatic carbocycles. The molecule has 0 spiro atoms. The topological polar surface area (TPSA) is 102 Å². The Morgan fingerprint density at radius 1 is 1.18 bits per heavy atom. The summed E-state index contributed by atoms with van der Waals surface area (Å²) in [7, 11) is 0. The summed E-state index contributed by atoms with van der Waals surface area (Å²) in [5.74, 6) is 1.03. The lowest BCUT2D eigenvalue weighted by molar-refractivity contribution is -0.113. The van der Waals surface area contributed by atoms with Gasteiger partial charge in [0.15, 0.2) is 5.17 Å². The highest BCUT2D eigenvalue weighted by Crippen LogP contribution is 2.32. The zero-order valence-electron chi connectivity index (χ0n) is 19.1. The van der Waals surface area contributed by atoms with Gasteiger partial charge in [0.25, 0.3) is 0 Å². The number of para-hydroxylation sites is 2. The van der Waals surface area contributed by atoms with Crippen molar-refractivity contribution in [3.63, 3.8) is 0 Å². The predicted octanol–water partition coefficient (Wildman–Crippen LogP) is 3.61. The maximum Gasteiger partial charge on any atom is 0.234 e. The Hall–Kier alpha value is -2.88. The molecule has 9 heteroatoms. The molecule has 2 aromatic carbocycles. The number of thioether (sulfide) groups is 1. The summed E-state index contributed by atoms with van der Waals surface area (Å²) in [6.45, 7) is 6.59. The van der Waals surface area contributed by atoms with Gasteiger partial charge in [0, 0.05) is 11.7 Å². The fourth-order valence-electron chi connectivity index (χ4n) is 4.00. The molecule has 4 N–H and O–H groups in total. The van der Waals surface area contributed by atoms with Gasteiger partial charge in [0.2, 0.25) is 5.91 Å². The van der Waals surface area contributed by atoms with Gasteiger partial charge in [-0.15, -0.1) is 0 Å². The number of carbonyl (C=O) groups is 1. The molecular formula is C24H30N6O2S. The predicted molar refractivity (Wildman–Crippen MR) is 135 cm³/mol. The first-order valence-electron chi connectivity index (χ1n) is 11.2. The third-order valence-corrected chi connectivity index (χ3v) is 6.68. The van der Waals surface area contributed by atoms with Crippen LogP contribution >= 0.6 is 11.8 Å². The third kappa shape index (κ3) is 5.05. The highest BCUT2D eigenvalue weighted by Gasteiger charge is 2.43. The highest BCUT2D eigenvalue weighted by atomic mass is 32.2. The molecule has 0 radical (unpaired) electrons. The number of hydrogen-bond acceptors (Lipinski definition) is 7. The minimum atomic E-state index is -0.233. The molecule has 2 aromatic rings. The van der Waals surface area contributed by atoms with Gasteiger partial charge in [-0.1, -0.05) is 43.0 Å². The van der Waals surface area contributed by atoms with Crippen molar-refractivity contribution in [1.29, 1.82) is 5.41 Å². The number of benzene rings is 2. The van der Waals surface area contributed by atoms with Crippen molar-refractivity contribution in [2.24, 2.45) is 10.9 Å². The van der Waals surface area contributed by atoms with Gasteiger partial charge in [-0.05, 0) is 50.1 Å². The number of amides is 1. The first-order valence-corrected chi connectivity index (χ1v) is 12.2. The fraction of sp³-hybridized carbons (Fsp3) is 0.375. The van der Waals surface area contributed by atoms with Crippen molar-refractivity contribution in [3.8, 4) is 5.75 Å². The minimum absolute atomic E-state index is 0.0774. The Bertz CT molecular complexity index is 1040. The van der Waals surface area contributed by atoms with Crippen LogP contribution in [0.4, 0.5) is 11.4 Å². The number of aryl methyl sites for hydroxylation is 1. The van der Waals surface area contributed by atoms with Crippen LogP contribution in [0, 0.1) is 11.3 Å². The molecule has 3 unspecified atom stereocenters. The van der Waals surface area contributed by atoms with Gasteiger partial charge in [-0.3, -0.25) is 20.5 Å². The van der Waals surface area contributed by atoms with E-state index in [1.165, 1.54) is 17.3 Å². The van der Waals surface area contributed by atoms with Crippen LogP contribution in [0.1, 0.15) is 26.3 Å². The second-order valence-corrected chi connectivity index (χ2v) is 8.91. The summed E-state index contributed by atoms with van der Waals surface area (Å²) >= 11 is 1.33. The molecule has 3 atom stereocenters. The Kier molecular flexibility index (Phi) is 7.32. The molecule has 1 saturated heterocycles. The normalized spacial score (nSPS) is 22.0. The third-order valence-electron chi connectivity index (χ3n) is 5.73. The van der Waals surface area contributed by atoms with E-state index < -0.39 is 0 Å². The first kappa shape index (κ1) is 23.3. The number of carbonyl (C=O) groups excluding carboxylic acids is 1. The van der Waals surface area contributed by atoms with Crippen LogP contribution in [-0.4, -0.2) is 41.5 Å². The maximum atomic E-state index is 12.8. The molecule has 1 fully saturated rings. The Labute approximate surface area is 198 Å². The summed E-state index contributed by atoms with van der Waals surface area (Å²) in [6.07, 6.45) is 0.717. The van der Waals surface area contributed by atoms with Crippen molar-refractivity contribution in [3.05, 3.63) is 54.1 Å². The Morgan fingerprint density at radius 2 is 1.94 bits per heavy atom. The number of anilines is 2. The van der Waals surface area contributed by atoms with E-state index in [0.29, 0.717) is 29.0 Å². The van der Waals surface area contributed by atoms with Crippen molar-refractivity contribution in [2.45, 2.75) is 39.4 Å². The van der Waals surface area contributed by atoms with Crippen LogP contribution in [0.3, 0.4) is 0 Å². The highest BCUT2D eigenvalue weighted by molar-refractivity contribution is 8.14. The number of fused-ring (bicyclic) bond motifs is 1. The van der Waals surface area contributed by atoms with E-state index in [4.69, 9.17) is 15.1 Å². The van der Waals surface area contributed by atoms with Crippen LogP contribution < -0.4 is 25.8 Å². The zero-order valence-corrected chi connectivity index (χ0v) is 19.9. The molecule has 33 heavy (non-hydrogen) atoms. The lowest BCUT2D eigenvalue weighted by Crippen LogP contribution is -2.50.